The Morgan fingerprint density at radius 1 is 0.960 bits per heavy atom. The van der Waals surface area contributed by atoms with E-state index >= 15 is 0 Å². The lowest BCUT2D eigenvalue weighted by molar-refractivity contribution is -0.123. The van der Waals surface area contributed by atoms with Crippen molar-refractivity contribution in [1.29, 1.82) is 0 Å². The highest BCUT2D eigenvalue weighted by Crippen LogP contribution is 2.18. The average molecular weight is 338 g/mol. The summed E-state index contributed by atoms with van der Waals surface area (Å²) < 4.78 is 5.38. The maximum Gasteiger partial charge on any atom is 0.252 e. The van der Waals surface area contributed by atoms with Crippen molar-refractivity contribution in [2.75, 3.05) is 38.3 Å². The minimum Gasteiger partial charge on any atom is -0.379 e. The van der Waals surface area contributed by atoms with E-state index in [1.165, 1.54) is 0 Å². The van der Waals surface area contributed by atoms with Gasteiger partial charge < -0.3 is 9.64 Å². The zero-order valence-electron chi connectivity index (χ0n) is 14.3. The van der Waals surface area contributed by atoms with Crippen LogP contribution in [0.4, 0.5) is 5.69 Å². The van der Waals surface area contributed by atoms with Crippen LogP contribution in [0.25, 0.3) is 0 Å². The Balaban J connectivity index is 1.90. The van der Waals surface area contributed by atoms with Crippen molar-refractivity contribution in [2.24, 2.45) is 0 Å². The van der Waals surface area contributed by atoms with Gasteiger partial charge in [-0.25, -0.2) is 0 Å². The predicted molar refractivity (Wildman–Crippen MR) is 96.8 cm³/mol. The van der Waals surface area contributed by atoms with E-state index in [1.54, 1.807) is 24.1 Å². The van der Waals surface area contributed by atoms with Crippen molar-refractivity contribution in [3.8, 4) is 0 Å². The summed E-state index contributed by atoms with van der Waals surface area (Å²) in [5.74, 6) is -0.391. The van der Waals surface area contributed by atoms with Crippen LogP contribution >= 0.6 is 0 Å². The lowest BCUT2D eigenvalue weighted by Gasteiger charge is -2.34. The normalized spacial score (nSPS) is 16.2. The molecule has 0 saturated carbocycles. The van der Waals surface area contributed by atoms with Crippen LogP contribution in [0.1, 0.15) is 10.4 Å². The first kappa shape index (κ1) is 17.3. The van der Waals surface area contributed by atoms with Crippen molar-refractivity contribution in [3.05, 3.63) is 66.2 Å². The van der Waals surface area contributed by atoms with Crippen LogP contribution < -0.4 is 4.90 Å². The third-order valence-electron chi connectivity index (χ3n) is 4.43. The van der Waals surface area contributed by atoms with Gasteiger partial charge in [-0.05, 0) is 12.1 Å². The first-order valence-corrected chi connectivity index (χ1v) is 8.42. The van der Waals surface area contributed by atoms with Crippen LogP contribution in [0, 0.1) is 0 Å². The molecule has 0 radical (unpaired) electrons. The number of hydrogen-bond donors (Lipinski definition) is 0. The quantitative estimate of drug-likeness (QED) is 0.620. The lowest BCUT2D eigenvalue weighted by Crippen LogP contribution is -2.55. The van der Waals surface area contributed by atoms with Crippen LogP contribution in [-0.2, 0) is 9.53 Å². The van der Waals surface area contributed by atoms with Gasteiger partial charge >= 0.3 is 0 Å². The standard InChI is InChI=1S/C20H22N2O3/c1-21(17-10-6-3-7-11-17)20(24)18(22-12-14-25-15-13-22)19(23)16-8-4-2-5-9-16/h2-11,18H,12-15H2,1H3. The Morgan fingerprint density at radius 3 is 2.12 bits per heavy atom. The topological polar surface area (TPSA) is 49.9 Å². The number of likely N-dealkylation sites (N-methyl/N-ethyl adjacent to an activating group) is 1. The number of para-hydroxylation sites is 1. The van der Waals surface area contributed by atoms with E-state index in [9.17, 15) is 9.59 Å². The molecular weight excluding hydrogens is 316 g/mol. The number of benzene rings is 2. The number of nitrogens with zero attached hydrogens (tertiary/aromatic N) is 2. The molecule has 0 N–H and O–H groups in total. The smallest absolute Gasteiger partial charge is 0.252 e. The monoisotopic (exact) mass is 338 g/mol. The highest BCUT2D eigenvalue weighted by molar-refractivity contribution is 6.17. The van der Waals surface area contributed by atoms with Gasteiger partial charge in [-0.1, -0.05) is 48.5 Å². The number of amides is 1. The number of morpholine rings is 1. The fourth-order valence-corrected chi connectivity index (χ4v) is 2.99. The summed E-state index contributed by atoms with van der Waals surface area (Å²) in [6.45, 7) is 2.19. The van der Waals surface area contributed by atoms with Crippen LogP contribution in [0.3, 0.4) is 0 Å². The molecule has 5 heteroatoms. The summed E-state index contributed by atoms with van der Waals surface area (Å²) >= 11 is 0. The number of carbonyl (C=O) groups is 2. The van der Waals surface area contributed by atoms with Crippen molar-refractivity contribution < 1.29 is 14.3 Å². The SMILES string of the molecule is CN(C(=O)C(C(=O)c1ccccc1)N1CCOCC1)c1ccccc1. The Hall–Kier alpha value is -2.50. The third kappa shape index (κ3) is 3.95. The zero-order chi connectivity index (χ0) is 17.6. The highest BCUT2D eigenvalue weighted by atomic mass is 16.5. The minimum absolute atomic E-state index is 0.171. The molecule has 1 amide bonds. The number of hydrogen-bond acceptors (Lipinski definition) is 4. The largest absolute Gasteiger partial charge is 0.379 e. The number of Topliss-reactive ketones (excluding diaryl/α,β-unsaturated/α-hetero) is 1. The molecule has 25 heavy (non-hydrogen) atoms. The third-order valence-corrected chi connectivity index (χ3v) is 4.43. The Kier molecular flexibility index (Phi) is 5.58. The summed E-state index contributed by atoms with van der Waals surface area (Å²) in [5, 5.41) is 0. The summed E-state index contributed by atoms with van der Waals surface area (Å²) in [6.07, 6.45) is 0. The van der Waals surface area contributed by atoms with Crippen molar-refractivity contribution >= 4 is 17.4 Å². The van der Waals surface area contributed by atoms with Crippen LogP contribution in [0.2, 0.25) is 0 Å². The fourth-order valence-electron chi connectivity index (χ4n) is 2.99. The number of carbonyl (C=O) groups excluding carboxylic acids is 2. The lowest BCUT2D eigenvalue weighted by atomic mass is 10.0. The molecule has 2 aromatic rings. The molecule has 3 rings (SSSR count). The van der Waals surface area contributed by atoms with Crippen LogP contribution in [0.5, 0.6) is 0 Å². The zero-order valence-corrected chi connectivity index (χ0v) is 14.3. The van der Waals surface area contributed by atoms with Crippen LogP contribution in [-0.4, -0.2) is 56.0 Å². The van der Waals surface area contributed by atoms with Gasteiger partial charge in [0.1, 0.15) is 0 Å². The molecule has 5 nitrogen and oxygen atoms in total. The molecule has 1 heterocycles. The molecule has 1 saturated heterocycles. The van der Waals surface area contributed by atoms with E-state index in [1.807, 2.05) is 53.4 Å². The second kappa shape index (κ2) is 8.05. The molecule has 1 unspecified atom stereocenters. The van der Waals surface area contributed by atoms with Crippen LogP contribution in [0.15, 0.2) is 60.7 Å². The molecule has 0 aliphatic carbocycles. The van der Waals surface area contributed by atoms with Gasteiger partial charge in [0.15, 0.2) is 11.8 Å². The van der Waals surface area contributed by atoms with Gasteiger partial charge in [-0.2, -0.15) is 0 Å². The van der Waals surface area contributed by atoms with E-state index in [0.717, 1.165) is 5.69 Å². The molecule has 1 atom stereocenters. The molecule has 0 spiro atoms. The van der Waals surface area contributed by atoms with E-state index in [2.05, 4.69) is 0 Å². The van der Waals surface area contributed by atoms with E-state index < -0.39 is 6.04 Å². The molecule has 1 fully saturated rings. The molecule has 0 bridgehead atoms. The van der Waals surface area contributed by atoms with Crippen molar-refractivity contribution in [1.82, 2.24) is 4.90 Å². The van der Waals surface area contributed by atoms with Gasteiger partial charge in [0.25, 0.3) is 5.91 Å². The van der Waals surface area contributed by atoms with E-state index in [0.29, 0.717) is 31.9 Å². The summed E-state index contributed by atoms with van der Waals surface area (Å²) in [5.41, 5.74) is 1.32. The number of anilines is 1. The first-order valence-electron chi connectivity index (χ1n) is 8.42. The number of ether oxygens (including phenoxy) is 1. The number of rotatable bonds is 5. The summed E-state index contributed by atoms with van der Waals surface area (Å²) in [6, 6.07) is 17.5. The van der Waals surface area contributed by atoms with Gasteiger partial charge in [-0.3, -0.25) is 14.5 Å². The number of ketones is 1. The summed E-state index contributed by atoms with van der Waals surface area (Å²) in [4.78, 5) is 29.7. The fraction of sp³-hybridized carbons (Fsp3) is 0.300. The minimum atomic E-state index is -0.837. The van der Waals surface area contributed by atoms with Crippen molar-refractivity contribution in [3.63, 3.8) is 0 Å². The summed E-state index contributed by atoms with van der Waals surface area (Å²) in [7, 11) is 1.71. The van der Waals surface area contributed by atoms with Crippen molar-refractivity contribution in [2.45, 2.75) is 6.04 Å². The molecule has 130 valence electrons. The van der Waals surface area contributed by atoms with Gasteiger partial charge in [0.2, 0.25) is 0 Å². The van der Waals surface area contributed by atoms with E-state index in [-0.39, 0.29) is 11.7 Å². The average Bonchev–Trinajstić information content (AvgIpc) is 2.69. The first-order chi connectivity index (χ1) is 12.2. The maximum absolute atomic E-state index is 13.2. The molecule has 1 aliphatic rings. The molecule has 1 aliphatic heterocycles. The second-order valence-corrected chi connectivity index (χ2v) is 6.01. The predicted octanol–water partition coefficient (Wildman–Crippen LogP) is 2.23. The van der Waals surface area contributed by atoms with Gasteiger partial charge in [-0.15, -0.1) is 0 Å². The Bertz CT molecular complexity index is 712. The highest BCUT2D eigenvalue weighted by Gasteiger charge is 2.36. The second-order valence-electron chi connectivity index (χ2n) is 6.01. The maximum atomic E-state index is 13.2. The van der Waals surface area contributed by atoms with Gasteiger partial charge in [0, 0.05) is 31.4 Å². The molecular formula is C20H22N2O3. The van der Waals surface area contributed by atoms with E-state index in [4.69, 9.17) is 4.74 Å². The molecule has 2 aromatic carbocycles. The Morgan fingerprint density at radius 2 is 1.52 bits per heavy atom. The Labute approximate surface area is 147 Å². The van der Waals surface area contributed by atoms with Gasteiger partial charge in [0.05, 0.1) is 13.2 Å². The molecule has 0 aromatic heterocycles.